The maximum atomic E-state index is 10.3. The van der Waals surface area contributed by atoms with E-state index < -0.39 is 0 Å². The summed E-state index contributed by atoms with van der Waals surface area (Å²) < 4.78 is 0. The van der Waals surface area contributed by atoms with Crippen molar-refractivity contribution in [1.29, 1.82) is 0 Å². The Kier molecular flexibility index (Phi) is 8.96. The van der Waals surface area contributed by atoms with Crippen LogP contribution in [0.15, 0.2) is 29.4 Å². The van der Waals surface area contributed by atoms with Crippen molar-refractivity contribution >= 4 is 12.2 Å². The maximum absolute atomic E-state index is 10.3. The minimum Gasteiger partial charge on any atom is -0.384 e. The van der Waals surface area contributed by atoms with Gasteiger partial charge in [-0.15, -0.1) is 0 Å². The minimum atomic E-state index is -0.259. The number of likely N-dealkylation sites (N-methyl/N-ethyl adjacent to an activating group) is 1. The third-order valence-corrected chi connectivity index (χ3v) is 1.98. The van der Waals surface area contributed by atoms with Gasteiger partial charge in [0.25, 0.3) is 0 Å². The highest BCUT2D eigenvalue weighted by atomic mass is 16.1. The van der Waals surface area contributed by atoms with Crippen molar-refractivity contribution in [1.82, 2.24) is 10.6 Å². The van der Waals surface area contributed by atoms with Crippen LogP contribution in [-0.2, 0) is 4.79 Å². The molecule has 5 heteroatoms. The molecule has 0 saturated carbocycles. The lowest BCUT2D eigenvalue weighted by Crippen LogP contribution is -2.31. The van der Waals surface area contributed by atoms with Gasteiger partial charge in [0.1, 0.15) is 11.9 Å². The number of nitrogens with zero attached hydrogens (tertiary/aromatic N) is 1. The van der Waals surface area contributed by atoms with Crippen LogP contribution >= 0.6 is 0 Å². The number of carbonyl (C=O) groups excluding carboxylic acids is 1. The van der Waals surface area contributed by atoms with Gasteiger partial charge in [0, 0.05) is 18.7 Å². The van der Waals surface area contributed by atoms with Crippen molar-refractivity contribution in [2.75, 3.05) is 13.6 Å². The molecule has 18 heavy (non-hydrogen) atoms. The number of hydrogen-bond acceptors (Lipinski definition) is 3. The molecule has 0 aromatic rings. The van der Waals surface area contributed by atoms with Crippen LogP contribution in [0.5, 0.6) is 0 Å². The predicted molar refractivity (Wildman–Crippen MR) is 74.9 cm³/mol. The summed E-state index contributed by atoms with van der Waals surface area (Å²) in [5.74, 6) is 6.39. The summed E-state index contributed by atoms with van der Waals surface area (Å²) in [5.41, 5.74) is 6.10. The second-order valence-electron chi connectivity index (χ2n) is 3.34. The average molecular weight is 248 g/mol. The lowest BCUT2D eigenvalue weighted by Gasteiger charge is -2.10. The zero-order valence-electron chi connectivity index (χ0n) is 10.9. The Labute approximate surface area is 108 Å². The summed E-state index contributed by atoms with van der Waals surface area (Å²) in [7, 11) is 1.75. The second-order valence-corrected chi connectivity index (χ2v) is 3.34. The van der Waals surface area contributed by atoms with E-state index in [1.54, 1.807) is 13.1 Å². The SMILES string of the molecule is C=C(NC=O)C(C#CC/C=C\C(N)=NCC)NC. The minimum absolute atomic E-state index is 0.259. The fourth-order valence-electron chi connectivity index (χ4n) is 1.13. The van der Waals surface area contributed by atoms with Crippen LogP contribution in [-0.4, -0.2) is 31.9 Å². The van der Waals surface area contributed by atoms with E-state index in [0.717, 1.165) is 0 Å². The summed E-state index contributed by atoms with van der Waals surface area (Å²) >= 11 is 0. The highest BCUT2D eigenvalue weighted by Gasteiger charge is 2.04. The number of amidine groups is 1. The van der Waals surface area contributed by atoms with Crippen molar-refractivity contribution in [3.05, 3.63) is 24.4 Å². The number of carbonyl (C=O) groups is 1. The number of rotatable bonds is 7. The third kappa shape index (κ3) is 7.25. The first-order chi connectivity index (χ1) is 8.65. The highest BCUT2D eigenvalue weighted by Crippen LogP contribution is 1.92. The molecule has 0 bridgehead atoms. The van der Waals surface area contributed by atoms with Crippen molar-refractivity contribution in [3.8, 4) is 11.8 Å². The van der Waals surface area contributed by atoms with E-state index in [0.29, 0.717) is 30.9 Å². The van der Waals surface area contributed by atoms with Crippen LogP contribution in [0.1, 0.15) is 13.3 Å². The van der Waals surface area contributed by atoms with E-state index in [-0.39, 0.29) is 6.04 Å². The molecule has 98 valence electrons. The molecule has 0 saturated heterocycles. The van der Waals surface area contributed by atoms with Gasteiger partial charge >= 0.3 is 0 Å². The molecule has 0 aliphatic rings. The van der Waals surface area contributed by atoms with Gasteiger partial charge in [-0.25, -0.2) is 0 Å². The first-order valence-corrected chi connectivity index (χ1v) is 5.66. The van der Waals surface area contributed by atoms with Gasteiger partial charge in [-0.1, -0.05) is 24.5 Å². The van der Waals surface area contributed by atoms with Crippen molar-refractivity contribution in [2.24, 2.45) is 10.7 Å². The van der Waals surface area contributed by atoms with Crippen LogP contribution in [0.4, 0.5) is 0 Å². The predicted octanol–water partition coefficient (Wildman–Crippen LogP) is 0.161. The van der Waals surface area contributed by atoms with Crippen LogP contribution in [0.2, 0.25) is 0 Å². The molecule has 0 spiro atoms. The normalized spacial score (nSPS) is 12.7. The summed E-state index contributed by atoms with van der Waals surface area (Å²) in [6.07, 6.45) is 4.71. The topological polar surface area (TPSA) is 79.5 Å². The molecule has 1 atom stereocenters. The average Bonchev–Trinajstić information content (AvgIpc) is 2.34. The lowest BCUT2D eigenvalue weighted by atomic mass is 10.2. The van der Waals surface area contributed by atoms with E-state index in [9.17, 15) is 4.79 Å². The van der Waals surface area contributed by atoms with Crippen LogP contribution in [0.3, 0.4) is 0 Å². The van der Waals surface area contributed by atoms with E-state index in [2.05, 4.69) is 34.0 Å². The van der Waals surface area contributed by atoms with Gasteiger partial charge in [-0.3, -0.25) is 9.79 Å². The summed E-state index contributed by atoms with van der Waals surface area (Å²) in [6.45, 7) is 6.29. The Hall–Kier alpha value is -2.06. The molecule has 0 heterocycles. The van der Waals surface area contributed by atoms with Gasteiger partial charge in [-0.2, -0.15) is 0 Å². The second kappa shape index (κ2) is 10.1. The standard InChI is InChI=1S/C13H20N4O/c1-4-16-13(14)9-7-5-6-8-12(15-3)11(2)17-10-18/h7,9-10,12,15H,2,4-5H2,1,3H3,(H2,14,16)(H,17,18)/b9-7-. The Balaban J connectivity index is 4.27. The molecule has 0 aliphatic carbocycles. The molecular weight excluding hydrogens is 228 g/mol. The Morgan fingerprint density at radius 1 is 1.61 bits per heavy atom. The third-order valence-electron chi connectivity index (χ3n) is 1.98. The molecule has 4 N–H and O–H groups in total. The fourth-order valence-corrected chi connectivity index (χ4v) is 1.13. The van der Waals surface area contributed by atoms with Gasteiger partial charge in [-0.05, 0) is 20.0 Å². The summed E-state index contributed by atoms with van der Waals surface area (Å²) in [5, 5.41) is 5.41. The summed E-state index contributed by atoms with van der Waals surface area (Å²) in [6, 6.07) is -0.259. The zero-order chi connectivity index (χ0) is 13.8. The largest absolute Gasteiger partial charge is 0.384 e. The van der Waals surface area contributed by atoms with Crippen molar-refractivity contribution < 1.29 is 4.79 Å². The van der Waals surface area contributed by atoms with Gasteiger partial charge in [0.2, 0.25) is 6.41 Å². The highest BCUT2D eigenvalue weighted by molar-refractivity contribution is 5.91. The Morgan fingerprint density at radius 2 is 2.33 bits per heavy atom. The first kappa shape index (κ1) is 15.9. The Bertz CT molecular complexity index is 388. The van der Waals surface area contributed by atoms with Crippen molar-refractivity contribution in [3.63, 3.8) is 0 Å². The number of nitrogens with one attached hydrogen (secondary N) is 2. The number of amides is 1. The molecule has 5 nitrogen and oxygen atoms in total. The van der Waals surface area contributed by atoms with Crippen molar-refractivity contribution in [2.45, 2.75) is 19.4 Å². The molecule has 0 radical (unpaired) electrons. The molecule has 0 aromatic heterocycles. The quantitative estimate of drug-likeness (QED) is 0.260. The van der Waals surface area contributed by atoms with Crippen LogP contribution in [0.25, 0.3) is 0 Å². The lowest BCUT2D eigenvalue weighted by molar-refractivity contribution is -0.109. The molecule has 1 unspecified atom stereocenters. The van der Waals surface area contributed by atoms with Gasteiger partial charge < -0.3 is 16.4 Å². The molecule has 1 amide bonds. The number of aliphatic imine (C=N–C) groups is 1. The van der Waals surface area contributed by atoms with Gasteiger partial charge in [0.15, 0.2) is 0 Å². The van der Waals surface area contributed by atoms with E-state index >= 15 is 0 Å². The first-order valence-electron chi connectivity index (χ1n) is 5.66. The van der Waals surface area contributed by atoms with Crippen LogP contribution in [0, 0.1) is 11.8 Å². The fraction of sp³-hybridized carbons (Fsp3) is 0.385. The Morgan fingerprint density at radius 3 is 2.89 bits per heavy atom. The monoisotopic (exact) mass is 248 g/mol. The molecule has 0 aliphatic heterocycles. The summed E-state index contributed by atoms with van der Waals surface area (Å²) in [4.78, 5) is 14.3. The number of allylic oxidation sites excluding steroid dienone is 1. The number of nitrogens with two attached hydrogens (primary N) is 1. The van der Waals surface area contributed by atoms with E-state index in [4.69, 9.17) is 5.73 Å². The smallest absolute Gasteiger partial charge is 0.211 e. The van der Waals surface area contributed by atoms with E-state index in [1.165, 1.54) is 0 Å². The van der Waals surface area contributed by atoms with Gasteiger partial charge in [0.05, 0.1) is 0 Å². The van der Waals surface area contributed by atoms with E-state index in [1.807, 2.05) is 13.0 Å². The molecule has 0 fully saturated rings. The molecular formula is C13H20N4O. The molecule has 0 aromatic carbocycles. The zero-order valence-corrected chi connectivity index (χ0v) is 10.9. The van der Waals surface area contributed by atoms with Crippen LogP contribution < -0.4 is 16.4 Å². The maximum Gasteiger partial charge on any atom is 0.211 e. The number of hydrogen-bond donors (Lipinski definition) is 3. The molecule has 0 rings (SSSR count).